The Morgan fingerprint density at radius 1 is 1.05 bits per heavy atom. The van der Waals surface area contributed by atoms with E-state index in [0.29, 0.717) is 0 Å². The monoisotopic (exact) mass is 272 g/mol. The summed E-state index contributed by atoms with van der Waals surface area (Å²) in [4.78, 5) is 0. The van der Waals surface area contributed by atoms with Crippen LogP contribution < -0.4 is 9.83 Å². The van der Waals surface area contributed by atoms with Gasteiger partial charge in [0.05, 0.1) is 5.30 Å². The van der Waals surface area contributed by atoms with Crippen molar-refractivity contribution in [3.8, 4) is 16.9 Å². The van der Waals surface area contributed by atoms with Gasteiger partial charge in [-0.3, -0.25) is 4.57 Å². The van der Waals surface area contributed by atoms with Crippen LogP contribution in [0.5, 0.6) is 5.75 Å². The van der Waals surface area contributed by atoms with Crippen LogP contribution in [0.4, 0.5) is 0 Å². The first-order valence-electron chi connectivity index (χ1n) is 6.74. The normalized spacial score (nSPS) is 16.4. The molecule has 2 aromatic rings. The summed E-state index contributed by atoms with van der Waals surface area (Å²) in [5, 5.41) is 0.840. The number of hydrogen-bond donors (Lipinski definition) is 0. The van der Waals surface area contributed by atoms with Crippen molar-refractivity contribution in [3.05, 3.63) is 48.0 Å². The van der Waals surface area contributed by atoms with Crippen LogP contribution in [0, 0.1) is 0 Å². The minimum absolute atomic E-state index is 0.832. The summed E-state index contributed by atoms with van der Waals surface area (Å²) in [6, 6.07) is 14.0. The predicted molar refractivity (Wildman–Crippen MR) is 79.8 cm³/mol. The average Bonchev–Trinajstić information content (AvgIpc) is 2.46. The highest BCUT2D eigenvalue weighted by Gasteiger charge is 2.23. The zero-order chi connectivity index (χ0) is 13.2. The Morgan fingerprint density at radius 3 is 2.68 bits per heavy atom. The summed E-state index contributed by atoms with van der Waals surface area (Å²) < 4.78 is 18.0. The second kappa shape index (κ2) is 5.22. The first-order valence-corrected chi connectivity index (χ1v) is 8.06. The van der Waals surface area contributed by atoms with Gasteiger partial charge in [-0.15, -0.1) is 0 Å². The van der Waals surface area contributed by atoms with Crippen molar-refractivity contribution in [2.75, 3.05) is 0 Å². The molecule has 0 bridgehead atoms. The van der Waals surface area contributed by atoms with Gasteiger partial charge >= 0.3 is 0 Å². The van der Waals surface area contributed by atoms with Gasteiger partial charge in [-0.05, 0) is 30.0 Å². The van der Waals surface area contributed by atoms with Gasteiger partial charge < -0.3 is 4.52 Å². The van der Waals surface area contributed by atoms with Gasteiger partial charge in [0.25, 0.3) is 8.03 Å². The van der Waals surface area contributed by atoms with E-state index in [2.05, 4.69) is 25.1 Å². The zero-order valence-electron chi connectivity index (χ0n) is 11.0. The fourth-order valence-corrected chi connectivity index (χ4v) is 3.73. The Kier molecular flexibility index (Phi) is 3.44. The SMILES string of the molecule is CCCCc1cccc2c1O[PH](=O)c1ccccc1-2. The zero-order valence-corrected chi connectivity index (χ0v) is 12.0. The molecule has 0 saturated carbocycles. The first-order chi connectivity index (χ1) is 9.31. The minimum atomic E-state index is -2.16. The lowest BCUT2D eigenvalue weighted by atomic mass is 9.98. The fourth-order valence-electron chi connectivity index (χ4n) is 2.53. The molecule has 19 heavy (non-hydrogen) atoms. The van der Waals surface area contributed by atoms with Crippen LogP contribution in [0.15, 0.2) is 42.5 Å². The third-order valence-electron chi connectivity index (χ3n) is 3.53. The highest BCUT2D eigenvalue weighted by Crippen LogP contribution is 2.44. The predicted octanol–water partition coefficient (Wildman–Crippen LogP) is 4.19. The third kappa shape index (κ3) is 2.21. The molecule has 1 atom stereocenters. The maximum atomic E-state index is 12.2. The van der Waals surface area contributed by atoms with Gasteiger partial charge in [-0.1, -0.05) is 49.7 Å². The smallest absolute Gasteiger partial charge is 0.266 e. The second-order valence-corrected chi connectivity index (χ2v) is 6.15. The summed E-state index contributed by atoms with van der Waals surface area (Å²) in [7, 11) is -2.16. The van der Waals surface area contributed by atoms with Crippen LogP contribution >= 0.6 is 8.03 Å². The average molecular weight is 272 g/mol. The number of aryl methyl sites for hydroxylation is 1. The van der Waals surface area contributed by atoms with Gasteiger partial charge in [0, 0.05) is 5.56 Å². The Morgan fingerprint density at radius 2 is 1.84 bits per heavy atom. The van der Waals surface area contributed by atoms with Crippen molar-refractivity contribution < 1.29 is 9.09 Å². The molecular weight excluding hydrogens is 255 g/mol. The van der Waals surface area contributed by atoms with E-state index in [-0.39, 0.29) is 0 Å². The van der Waals surface area contributed by atoms with Crippen LogP contribution in [-0.4, -0.2) is 0 Å². The largest absolute Gasteiger partial charge is 0.441 e. The number of hydrogen-bond acceptors (Lipinski definition) is 2. The summed E-state index contributed by atoms with van der Waals surface area (Å²) in [6.45, 7) is 2.17. The van der Waals surface area contributed by atoms with Crippen LogP contribution in [0.25, 0.3) is 11.1 Å². The summed E-state index contributed by atoms with van der Waals surface area (Å²) in [6.07, 6.45) is 3.26. The molecule has 2 aromatic carbocycles. The maximum Gasteiger partial charge on any atom is 0.266 e. The van der Waals surface area contributed by atoms with Crippen LogP contribution in [0.1, 0.15) is 25.3 Å². The lowest BCUT2D eigenvalue weighted by molar-refractivity contribution is 0.509. The standard InChI is InChI=1S/C16H17O2P/c1-2-3-7-12-8-6-10-14-13-9-4-5-11-15(13)19(17)18-16(12)14/h4-6,8-11,19H,2-3,7H2,1H3. The Bertz CT molecular complexity index is 634. The number of rotatable bonds is 3. The topological polar surface area (TPSA) is 26.3 Å². The lowest BCUT2D eigenvalue weighted by Crippen LogP contribution is -2.11. The van der Waals surface area contributed by atoms with E-state index in [1.165, 1.54) is 5.56 Å². The third-order valence-corrected chi connectivity index (χ3v) is 4.79. The molecule has 2 nitrogen and oxygen atoms in total. The van der Waals surface area contributed by atoms with Crippen molar-refractivity contribution in [3.63, 3.8) is 0 Å². The van der Waals surface area contributed by atoms with Crippen molar-refractivity contribution in [2.24, 2.45) is 0 Å². The van der Waals surface area contributed by atoms with Crippen LogP contribution in [0.3, 0.4) is 0 Å². The van der Waals surface area contributed by atoms with E-state index >= 15 is 0 Å². The molecule has 0 saturated heterocycles. The molecule has 1 aliphatic heterocycles. The molecule has 3 rings (SSSR count). The second-order valence-electron chi connectivity index (χ2n) is 4.83. The molecule has 0 radical (unpaired) electrons. The van der Waals surface area contributed by atoms with Crippen LogP contribution in [0.2, 0.25) is 0 Å². The van der Waals surface area contributed by atoms with Crippen molar-refractivity contribution >= 4 is 13.3 Å². The number of unbranched alkanes of at least 4 members (excludes halogenated alkanes) is 1. The van der Waals surface area contributed by atoms with Crippen molar-refractivity contribution in [2.45, 2.75) is 26.2 Å². The molecule has 0 spiro atoms. The Hall–Kier alpha value is -1.53. The van der Waals surface area contributed by atoms with E-state index in [9.17, 15) is 4.57 Å². The van der Waals surface area contributed by atoms with E-state index in [1.807, 2.05) is 24.3 Å². The summed E-state index contributed by atoms with van der Waals surface area (Å²) in [5.74, 6) is 0.832. The van der Waals surface area contributed by atoms with Gasteiger partial charge in [0.1, 0.15) is 5.75 Å². The van der Waals surface area contributed by atoms with Gasteiger partial charge in [0.15, 0.2) is 0 Å². The highest BCUT2D eigenvalue weighted by atomic mass is 31.1. The van der Waals surface area contributed by atoms with E-state index in [4.69, 9.17) is 4.52 Å². The molecule has 0 amide bonds. The molecular formula is C16H17O2P. The highest BCUT2D eigenvalue weighted by molar-refractivity contribution is 7.49. The fraction of sp³-hybridized carbons (Fsp3) is 0.250. The van der Waals surface area contributed by atoms with Crippen molar-refractivity contribution in [1.29, 1.82) is 0 Å². The lowest BCUT2D eigenvalue weighted by Gasteiger charge is -2.22. The van der Waals surface area contributed by atoms with Gasteiger partial charge in [-0.25, -0.2) is 0 Å². The summed E-state index contributed by atoms with van der Waals surface area (Å²) in [5.41, 5.74) is 3.31. The van der Waals surface area contributed by atoms with Crippen molar-refractivity contribution in [1.82, 2.24) is 0 Å². The number of fused-ring (bicyclic) bond motifs is 3. The van der Waals surface area contributed by atoms with E-state index < -0.39 is 8.03 Å². The molecule has 1 heterocycles. The van der Waals surface area contributed by atoms with Gasteiger partial charge in [0.2, 0.25) is 0 Å². The molecule has 0 aliphatic carbocycles. The number of benzene rings is 2. The quantitative estimate of drug-likeness (QED) is 0.783. The first kappa shape index (κ1) is 12.5. The Labute approximate surface area is 114 Å². The van der Waals surface area contributed by atoms with Gasteiger partial charge in [-0.2, -0.15) is 0 Å². The molecule has 1 unspecified atom stereocenters. The molecule has 0 aromatic heterocycles. The maximum absolute atomic E-state index is 12.2. The van der Waals surface area contributed by atoms with Crippen LogP contribution in [-0.2, 0) is 11.0 Å². The molecule has 0 N–H and O–H groups in total. The van der Waals surface area contributed by atoms with E-state index in [1.54, 1.807) is 0 Å². The molecule has 1 aliphatic rings. The number of para-hydroxylation sites is 1. The van der Waals surface area contributed by atoms with E-state index in [0.717, 1.165) is 41.4 Å². The molecule has 98 valence electrons. The minimum Gasteiger partial charge on any atom is -0.441 e. The Balaban J connectivity index is 2.14. The molecule has 3 heteroatoms. The summed E-state index contributed by atoms with van der Waals surface area (Å²) >= 11 is 0. The molecule has 0 fully saturated rings.